The van der Waals surface area contributed by atoms with E-state index in [1.54, 1.807) is 12.3 Å². The van der Waals surface area contributed by atoms with Gasteiger partial charge in [0.05, 0.1) is 0 Å². The van der Waals surface area contributed by atoms with Gasteiger partial charge in [0.1, 0.15) is 17.7 Å². The summed E-state index contributed by atoms with van der Waals surface area (Å²) in [6, 6.07) is 1.34. The smallest absolute Gasteiger partial charge is 0.326 e. The first-order chi connectivity index (χ1) is 8.09. The molecule has 0 radical (unpaired) electrons. The molecule has 5 nitrogen and oxygen atoms in total. The molecule has 92 valence electrons. The maximum absolute atomic E-state index is 11.1. The van der Waals surface area contributed by atoms with Crippen LogP contribution in [0.2, 0.25) is 0 Å². The highest BCUT2D eigenvalue weighted by molar-refractivity contribution is 5.78. The average molecular weight is 235 g/mol. The van der Waals surface area contributed by atoms with Gasteiger partial charge in [-0.1, -0.05) is 13.8 Å². The van der Waals surface area contributed by atoms with E-state index in [1.807, 2.05) is 18.7 Å². The molecule has 1 aliphatic heterocycles. The van der Waals surface area contributed by atoms with Crippen molar-refractivity contribution in [1.82, 2.24) is 9.97 Å². The number of carboxylic acid groups (broad SMARTS) is 1. The van der Waals surface area contributed by atoms with Crippen molar-refractivity contribution in [3.05, 3.63) is 18.1 Å². The lowest BCUT2D eigenvalue weighted by atomic mass is 10.2. The molecule has 1 saturated heterocycles. The van der Waals surface area contributed by atoms with Crippen LogP contribution < -0.4 is 4.90 Å². The molecule has 0 spiro atoms. The average Bonchev–Trinajstić information content (AvgIpc) is 2.78. The van der Waals surface area contributed by atoms with Gasteiger partial charge in [0.25, 0.3) is 0 Å². The van der Waals surface area contributed by atoms with Gasteiger partial charge in [0, 0.05) is 18.7 Å². The fourth-order valence-corrected chi connectivity index (χ4v) is 2.10. The minimum atomic E-state index is -0.771. The van der Waals surface area contributed by atoms with Crippen LogP contribution in [0.4, 0.5) is 5.82 Å². The predicted octanol–water partition coefficient (Wildman–Crippen LogP) is 1.65. The molecule has 1 fully saturated rings. The van der Waals surface area contributed by atoms with Crippen LogP contribution in [-0.2, 0) is 4.79 Å². The van der Waals surface area contributed by atoms with Crippen LogP contribution in [-0.4, -0.2) is 33.6 Å². The van der Waals surface area contributed by atoms with Gasteiger partial charge in [0.2, 0.25) is 0 Å². The van der Waals surface area contributed by atoms with E-state index in [4.69, 9.17) is 5.11 Å². The van der Waals surface area contributed by atoms with Crippen molar-refractivity contribution in [3.8, 4) is 0 Å². The zero-order valence-corrected chi connectivity index (χ0v) is 10.1. The molecular weight excluding hydrogens is 218 g/mol. The van der Waals surface area contributed by atoms with Gasteiger partial charge in [-0.25, -0.2) is 14.8 Å². The van der Waals surface area contributed by atoms with Crippen molar-refractivity contribution in [2.45, 2.75) is 38.6 Å². The highest BCUT2D eigenvalue weighted by Crippen LogP contribution is 2.24. The van der Waals surface area contributed by atoms with Gasteiger partial charge in [-0.3, -0.25) is 0 Å². The minimum Gasteiger partial charge on any atom is -0.480 e. The third kappa shape index (κ3) is 2.38. The Balaban J connectivity index is 2.27. The van der Waals surface area contributed by atoms with Crippen molar-refractivity contribution in [2.75, 3.05) is 11.4 Å². The zero-order valence-electron chi connectivity index (χ0n) is 10.1. The molecule has 2 heterocycles. The summed E-state index contributed by atoms with van der Waals surface area (Å²) >= 11 is 0. The van der Waals surface area contributed by atoms with E-state index in [9.17, 15) is 4.79 Å². The van der Waals surface area contributed by atoms with Gasteiger partial charge >= 0.3 is 5.97 Å². The standard InChI is InChI=1S/C12H17N3O2/c1-8(2)11-13-6-5-10(14-11)15-7-3-4-9(15)12(16)17/h5-6,8-9H,3-4,7H2,1-2H3,(H,16,17)/t9-/m0/s1. The van der Waals surface area contributed by atoms with E-state index in [0.717, 1.165) is 24.6 Å². The van der Waals surface area contributed by atoms with Crippen molar-refractivity contribution in [2.24, 2.45) is 0 Å². The molecule has 0 amide bonds. The summed E-state index contributed by atoms with van der Waals surface area (Å²) in [6.07, 6.45) is 3.29. The quantitative estimate of drug-likeness (QED) is 0.863. The number of hydrogen-bond donors (Lipinski definition) is 1. The second-order valence-electron chi connectivity index (χ2n) is 4.62. The maximum Gasteiger partial charge on any atom is 0.326 e. The molecule has 0 bridgehead atoms. The molecule has 1 aromatic rings. The molecular formula is C12H17N3O2. The lowest BCUT2D eigenvalue weighted by Gasteiger charge is -2.22. The first kappa shape index (κ1) is 11.8. The van der Waals surface area contributed by atoms with E-state index < -0.39 is 12.0 Å². The third-order valence-electron chi connectivity index (χ3n) is 3.01. The monoisotopic (exact) mass is 235 g/mol. The Hall–Kier alpha value is -1.65. The maximum atomic E-state index is 11.1. The number of carboxylic acids is 1. The number of anilines is 1. The number of rotatable bonds is 3. The minimum absolute atomic E-state index is 0.251. The van der Waals surface area contributed by atoms with Crippen LogP contribution in [0.5, 0.6) is 0 Å². The summed E-state index contributed by atoms with van der Waals surface area (Å²) in [6.45, 7) is 4.81. The highest BCUT2D eigenvalue weighted by Gasteiger charge is 2.31. The summed E-state index contributed by atoms with van der Waals surface area (Å²) in [7, 11) is 0. The number of aromatic nitrogens is 2. The first-order valence-corrected chi connectivity index (χ1v) is 5.92. The molecule has 1 aromatic heterocycles. The van der Waals surface area contributed by atoms with Crippen LogP contribution in [0.25, 0.3) is 0 Å². The third-order valence-corrected chi connectivity index (χ3v) is 3.01. The van der Waals surface area contributed by atoms with Gasteiger partial charge in [-0.05, 0) is 18.9 Å². The number of carbonyl (C=O) groups is 1. The predicted molar refractivity (Wildman–Crippen MR) is 64.1 cm³/mol. The molecule has 17 heavy (non-hydrogen) atoms. The van der Waals surface area contributed by atoms with Crippen LogP contribution in [0.15, 0.2) is 12.3 Å². The molecule has 0 unspecified atom stereocenters. The van der Waals surface area contributed by atoms with E-state index in [0.29, 0.717) is 6.42 Å². The summed E-state index contributed by atoms with van der Waals surface area (Å²) in [5.41, 5.74) is 0. The molecule has 0 saturated carbocycles. The van der Waals surface area contributed by atoms with Crippen molar-refractivity contribution >= 4 is 11.8 Å². The first-order valence-electron chi connectivity index (χ1n) is 5.92. The van der Waals surface area contributed by atoms with E-state index in [-0.39, 0.29) is 5.92 Å². The van der Waals surface area contributed by atoms with E-state index in [2.05, 4.69) is 9.97 Å². The molecule has 1 atom stereocenters. The van der Waals surface area contributed by atoms with E-state index >= 15 is 0 Å². The van der Waals surface area contributed by atoms with Crippen LogP contribution >= 0.6 is 0 Å². The van der Waals surface area contributed by atoms with Gasteiger partial charge in [-0.15, -0.1) is 0 Å². The molecule has 5 heteroatoms. The van der Waals surface area contributed by atoms with Crippen molar-refractivity contribution in [1.29, 1.82) is 0 Å². The lowest BCUT2D eigenvalue weighted by Crippen LogP contribution is -2.36. The summed E-state index contributed by atoms with van der Waals surface area (Å²) in [4.78, 5) is 21.6. The number of nitrogens with zero attached hydrogens (tertiary/aromatic N) is 3. The topological polar surface area (TPSA) is 66.3 Å². The summed E-state index contributed by atoms with van der Waals surface area (Å²) < 4.78 is 0. The Morgan fingerprint density at radius 1 is 1.59 bits per heavy atom. The largest absolute Gasteiger partial charge is 0.480 e. The van der Waals surface area contributed by atoms with Crippen LogP contribution in [0, 0.1) is 0 Å². The van der Waals surface area contributed by atoms with Crippen LogP contribution in [0.3, 0.4) is 0 Å². The Kier molecular flexibility index (Phi) is 3.26. The zero-order chi connectivity index (χ0) is 12.4. The van der Waals surface area contributed by atoms with Gasteiger partial charge in [0.15, 0.2) is 0 Å². The Morgan fingerprint density at radius 2 is 2.35 bits per heavy atom. The second kappa shape index (κ2) is 4.69. The normalized spacial score (nSPS) is 19.9. The molecule has 1 N–H and O–H groups in total. The molecule has 0 aliphatic carbocycles. The molecule has 1 aliphatic rings. The van der Waals surface area contributed by atoms with Crippen molar-refractivity contribution in [3.63, 3.8) is 0 Å². The Labute approximate surface area is 100 Å². The van der Waals surface area contributed by atoms with Gasteiger partial charge in [-0.2, -0.15) is 0 Å². The van der Waals surface area contributed by atoms with E-state index in [1.165, 1.54) is 0 Å². The SMILES string of the molecule is CC(C)c1nccc(N2CCC[C@H]2C(=O)O)n1. The summed E-state index contributed by atoms with van der Waals surface area (Å²) in [5, 5.41) is 9.14. The van der Waals surface area contributed by atoms with Crippen LogP contribution in [0.1, 0.15) is 38.4 Å². The number of hydrogen-bond acceptors (Lipinski definition) is 4. The molecule has 2 rings (SSSR count). The summed E-state index contributed by atoms with van der Waals surface area (Å²) in [5.74, 6) is 0.972. The lowest BCUT2D eigenvalue weighted by molar-refractivity contribution is -0.138. The highest BCUT2D eigenvalue weighted by atomic mass is 16.4. The number of aliphatic carboxylic acids is 1. The Bertz CT molecular complexity index is 420. The second-order valence-corrected chi connectivity index (χ2v) is 4.62. The van der Waals surface area contributed by atoms with Crippen molar-refractivity contribution < 1.29 is 9.90 Å². The van der Waals surface area contributed by atoms with Gasteiger partial charge < -0.3 is 10.0 Å². The fourth-order valence-electron chi connectivity index (χ4n) is 2.10. The fraction of sp³-hybridized carbons (Fsp3) is 0.583. The molecule has 0 aromatic carbocycles. The Morgan fingerprint density at radius 3 is 3.00 bits per heavy atom.